The number of amides is 1. The summed E-state index contributed by atoms with van der Waals surface area (Å²) in [5.74, 6) is 0.254. The Bertz CT molecular complexity index is 1120. The first-order valence-corrected chi connectivity index (χ1v) is 10.9. The Morgan fingerprint density at radius 1 is 1.13 bits per heavy atom. The number of hydrogen-bond acceptors (Lipinski definition) is 2. The average molecular weight is 423 g/mol. The van der Waals surface area contributed by atoms with Crippen LogP contribution in [0.2, 0.25) is 5.02 Å². The Labute approximate surface area is 180 Å². The Kier molecular flexibility index (Phi) is 4.59. The minimum absolute atomic E-state index is 0.0775. The van der Waals surface area contributed by atoms with Crippen molar-refractivity contribution >= 4 is 34.1 Å². The zero-order chi connectivity index (χ0) is 20.9. The molecule has 3 nitrogen and oxygen atoms in total. The van der Waals surface area contributed by atoms with Crippen LogP contribution in [0.5, 0.6) is 0 Å². The molecule has 2 fully saturated rings. The third-order valence-corrected chi connectivity index (χ3v) is 7.71. The number of hydrogen-bond donors (Lipinski definition) is 1. The maximum Gasteiger partial charge on any atom is 0.230 e. The van der Waals surface area contributed by atoms with Crippen molar-refractivity contribution in [2.24, 2.45) is 10.8 Å². The van der Waals surface area contributed by atoms with Crippen molar-refractivity contribution in [1.29, 1.82) is 0 Å². The maximum atomic E-state index is 13.8. The molecule has 154 valence electrons. The molecule has 0 saturated heterocycles. The van der Waals surface area contributed by atoms with Crippen LogP contribution in [0.25, 0.3) is 10.9 Å². The van der Waals surface area contributed by atoms with Crippen LogP contribution in [0.1, 0.15) is 50.5 Å². The van der Waals surface area contributed by atoms with Gasteiger partial charge in [0.05, 0.1) is 10.9 Å². The second-order valence-electron chi connectivity index (χ2n) is 9.09. The molecule has 1 heterocycles. The van der Waals surface area contributed by atoms with Crippen molar-refractivity contribution in [1.82, 2.24) is 4.98 Å². The molecular formula is C25H24ClFN2O. The predicted molar refractivity (Wildman–Crippen MR) is 118 cm³/mol. The molecule has 0 bridgehead atoms. The molecule has 5 heteroatoms. The minimum Gasteiger partial charge on any atom is -0.326 e. The predicted octanol–water partition coefficient (Wildman–Crippen LogP) is 6.72. The van der Waals surface area contributed by atoms with Gasteiger partial charge in [0.1, 0.15) is 5.82 Å². The monoisotopic (exact) mass is 422 g/mol. The highest BCUT2D eigenvalue weighted by molar-refractivity contribution is 6.30. The summed E-state index contributed by atoms with van der Waals surface area (Å²) < 4.78 is 13.8. The third kappa shape index (κ3) is 3.18. The van der Waals surface area contributed by atoms with E-state index in [4.69, 9.17) is 11.6 Å². The molecule has 5 rings (SSSR count). The molecule has 1 atom stereocenters. The largest absolute Gasteiger partial charge is 0.326 e. The highest BCUT2D eigenvalue weighted by atomic mass is 35.5. The fourth-order valence-electron chi connectivity index (χ4n) is 5.46. The lowest BCUT2D eigenvalue weighted by Crippen LogP contribution is -2.29. The Balaban J connectivity index is 1.30. The normalized spacial score (nSPS) is 27.9. The lowest BCUT2D eigenvalue weighted by atomic mass is 9.73. The van der Waals surface area contributed by atoms with Gasteiger partial charge in [-0.3, -0.25) is 9.78 Å². The quantitative estimate of drug-likeness (QED) is 0.509. The van der Waals surface area contributed by atoms with E-state index in [1.165, 1.54) is 11.6 Å². The van der Waals surface area contributed by atoms with E-state index in [0.717, 1.165) is 48.7 Å². The first-order valence-electron chi connectivity index (χ1n) is 10.5. The fraction of sp³-hybridized carbons (Fsp3) is 0.360. The molecular weight excluding hydrogens is 399 g/mol. The molecule has 1 spiro atoms. The summed E-state index contributed by atoms with van der Waals surface area (Å²) in [4.78, 5) is 17.4. The van der Waals surface area contributed by atoms with Gasteiger partial charge in [0, 0.05) is 22.3 Å². The molecule has 2 aromatic carbocycles. The van der Waals surface area contributed by atoms with Gasteiger partial charge in [-0.05, 0) is 97.5 Å². The van der Waals surface area contributed by atoms with Crippen LogP contribution in [0.4, 0.5) is 10.1 Å². The molecule has 2 aliphatic rings. The standard InChI is InChI=1S/C25H24ClFN2O/c1-24(23(30)29-19-5-2-17(26)3-6-19)15-25(24)11-8-16(9-12-25)20-10-13-28-22-7-4-18(27)14-21(20)22/h2-7,10,13-14,16H,8-9,11-12,15H2,1H3,(H,29,30). The van der Waals surface area contributed by atoms with Crippen molar-refractivity contribution in [3.05, 3.63) is 71.1 Å². The van der Waals surface area contributed by atoms with Gasteiger partial charge in [-0.2, -0.15) is 0 Å². The zero-order valence-electron chi connectivity index (χ0n) is 16.9. The number of aromatic nitrogens is 1. The van der Waals surface area contributed by atoms with E-state index in [-0.39, 0.29) is 22.6 Å². The van der Waals surface area contributed by atoms with E-state index in [0.29, 0.717) is 10.9 Å². The zero-order valence-corrected chi connectivity index (χ0v) is 17.7. The number of nitrogens with zero attached hydrogens (tertiary/aromatic N) is 1. The summed E-state index contributed by atoms with van der Waals surface area (Å²) in [6.45, 7) is 2.09. The van der Waals surface area contributed by atoms with Crippen molar-refractivity contribution < 1.29 is 9.18 Å². The average Bonchev–Trinajstić information content (AvgIpc) is 3.34. The van der Waals surface area contributed by atoms with E-state index in [1.54, 1.807) is 24.3 Å². The van der Waals surface area contributed by atoms with Gasteiger partial charge in [0.2, 0.25) is 5.91 Å². The van der Waals surface area contributed by atoms with Crippen LogP contribution in [-0.4, -0.2) is 10.9 Å². The number of carbonyl (C=O) groups is 1. The second kappa shape index (κ2) is 7.05. The number of benzene rings is 2. The molecule has 2 saturated carbocycles. The lowest BCUT2D eigenvalue weighted by Gasteiger charge is -2.32. The molecule has 0 aliphatic heterocycles. The summed E-state index contributed by atoms with van der Waals surface area (Å²) >= 11 is 5.94. The topological polar surface area (TPSA) is 42.0 Å². The molecule has 1 unspecified atom stereocenters. The van der Waals surface area contributed by atoms with Gasteiger partial charge in [-0.25, -0.2) is 4.39 Å². The van der Waals surface area contributed by atoms with E-state index < -0.39 is 0 Å². The number of fused-ring (bicyclic) bond motifs is 1. The molecule has 30 heavy (non-hydrogen) atoms. The Morgan fingerprint density at radius 3 is 2.60 bits per heavy atom. The van der Waals surface area contributed by atoms with Crippen LogP contribution in [-0.2, 0) is 4.79 Å². The van der Waals surface area contributed by atoms with Crippen LogP contribution in [0.15, 0.2) is 54.7 Å². The summed E-state index contributed by atoms with van der Waals surface area (Å²) in [7, 11) is 0. The minimum atomic E-state index is -0.329. The van der Waals surface area contributed by atoms with Crippen LogP contribution in [0, 0.1) is 16.6 Å². The number of nitrogens with one attached hydrogen (secondary N) is 1. The molecule has 3 aromatic rings. The van der Waals surface area contributed by atoms with Gasteiger partial charge in [-0.1, -0.05) is 18.5 Å². The van der Waals surface area contributed by atoms with Gasteiger partial charge in [0.15, 0.2) is 0 Å². The summed E-state index contributed by atoms with van der Waals surface area (Å²) in [5, 5.41) is 4.64. The van der Waals surface area contributed by atoms with Crippen molar-refractivity contribution in [3.8, 4) is 0 Å². The highest BCUT2D eigenvalue weighted by Gasteiger charge is 2.68. The first kappa shape index (κ1) is 19.5. The Morgan fingerprint density at radius 2 is 1.87 bits per heavy atom. The molecule has 0 radical (unpaired) electrons. The third-order valence-electron chi connectivity index (χ3n) is 7.46. The molecule has 1 aromatic heterocycles. The number of halogens is 2. The van der Waals surface area contributed by atoms with Crippen molar-refractivity contribution in [2.75, 3.05) is 5.32 Å². The number of rotatable bonds is 3. The van der Waals surface area contributed by atoms with E-state index in [2.05, 4.69) is 17.2 Å². The molecule has 1 N–H and O–H groups in total. The first-order chi connectivity index (χ1) is 14.4. The maximum absolute atomic E-state index is 13.8. The van der Waals surface area contributed by atoms with Gasteiger partial charge < -0.3 is 5.32 Å². The number of anilines is 1. The van der Waals surface area contributed by atoms with E-state index in [9.17, 15) is 9.18 Å². The summed E-state index contributed by atoms with van der Waals surface area (Å²) in [6.07, 6.45) is 6.81. The van der Waals surface area contributed by atoms with Crippen LogP contribution >= 0.6 is 11.6 Å². The van der Waals surface area contributed by atoms with Gasteiger partial charge >= 0.3 is 0 Å². The highest BCUT2D eigenvalue weighted by Crippen LogP contribution is 2.71. The van der Waals surface area contributed by atoms with Gasteiger partial charge in [0.25, 0.3) is 0 Å². The fourth-order valence-corrected chi connectivity index (χ4v) is 5.59. The van der Waals surface area contributed by atoms with Crippen LogP contribution < -0.4 is 5.32 Å². The number of pyridine rings is 1. The Hall–Kier alpha value is -2.46. The summed E-state index contributed by atoms with van der Waals surface area (Å²) in [5.41, 5.74) is 2.56. The number of carbonyl (C=O) groups excluding carboxylic acids is 1. The van der Waals surface area contributed by atoms with Crippen molar-refractivity contribution in [3.63, 3.8) is 0 Å². The van der Waals surface area contributed by atoms with E-state index in [1.807, 2.05) is 24.4 Å². The van der Waals surface area contributed by atoms with Crippen LogP contribution in [0.3, 0.4) is 0 Å². The summed E-state index contributed by atoms with van der Waals surface area (Å²) in [6, 6.07) is 14.1. The smallest absolute Gasteiger partial charge is 0.230 e. The molecule has 1 amide bonds. The van der Waals surface area contributed by atoms with E-state index >= 15 is 0 Å². The molecule has 2 aliphatic carbocycles. The lowest BCUT2D eigenvalue weighted by molar-refractivity contribution is -0.122. The SMILES string of the molecule is CC1(C(=O)Nc2ccc(Cl)cc2)CC12CCC(c1ccnc3ccc(F)cc13)CC2. The van der Waals surface area contributed by atoms with Gasteiger partial charge in [-0.15, -0.1) is 0 Å². The van der Waals surface area contributed by atoms with Crippen molar-refractivity contribution in [2.45, 2.75) is 44.9 Å². The second-order valence-corrected chi connectivity index (χ2v) is 9.52.